The van der Waals surface area contributed by atoms with Crippen LogP contribution < -0.4 is 16.8 Å². The minimum atomic E-state index is -1.26. The predicted octanol–water partition coefficient (Wildman–Crippen LogP) is -1.83. The first-order chi connectivity index (χ1) is 14.0. The average Bonchev–Trinajstić information content (AvgIpc) is 3.42. The van der Waals surface area contributed by atoms with Crippen molar-refractivity contribution in [2.75, 3.05) is 12.3 Å². The van der Waals surface area contributed by atoms with Gasteiger partial charge in [0, 0.05) is 18.3 Å². The van der Waals surface area contributed by atoms with Gasteiger partial charge in [-0.1, -0.05) is 0 Å². The lowest BCUT2D eigenvalue weighted by molar-refractivity contribution is -0.123. The number of hydrogen-bond acceptors (Lipinski definition) is 11. The summed E-state index contributed by atoms with van der Waals surface area (Å²) >= 11 is 1.42. The van der Waals surface area contributed by atoms with E-state index in [4.69, 9.17) is 16.2 Å². The monoisotopic (exact) mass is 420 g/mol. The van der Waals surface area contributed by atoms with Crippen molar-refractivity contribution >= 4 is 34.2 Å². The number of nitrogens with one attached hydrogen (secondary N) is 1. The number of nitrogens with zero attached hydrogens (tertiary/aromatic N) is 5. The summed E-state index contributed by atoms with van der Waals surface area (Å²) < 4.78 is 7.24. The van der Waals surface area contributed by atoms with Crippen LogP contribution >= 0.6 is 11.3 Å². The Bertz CT molecular complexity index is 996. The Balaban J connectivity index is 1.41. The highest BCUT2D eigenvalue weighted by Crippen LogP contribution is 2.31. The Morgan fingerprint density at radius 1 is 1.31 bits per heavy atom. The highest BCUT2D eigenvalue weighted by atomic mass is 32.1. The van der Waals surface area contributed by atoms with E-state index in [-0.39, 0.29) is 12.4 Å². The Morgan fingerprint density at radius 3 is 2.90 bits per heavy atom. The number of imidazole rings is 1. The maximum Gasteiger partial charge on any atom is 0.237 e. The maximum atomic E-state index is 12.2. The number of nitrogens with two attached hydrogens (primary N) is 2. The Kier molecular flexibility index (Phi) is 5.38. The van der Waals surface area contributed by atoms with Crippen molar-refractivity contribution < 1.29 is 19.7 Å². The number of thiazole rings is 1. The molecule has 1 saturated heterocycles. The summed E-state index contributed by atoms with van der Waals surface area (Å²) in [5.74, 6) is -0.208. The number of aliphatic hydroxyl groups is 2. The van der Waals surface area contributed by atoms with Gasteiger partial charge >= 0.3 is 0 Å². The molecule has 4 heterocycles. The van der Waals surface area contributed by atoms with Crippen LogP contribution in [0.5, 0.6) is 0 Å². The molecule has 0 aliphatic carbocycles. The molecule has 0 aromatic carbocycles. The summed E-state index contributed by atoms with van der Waals surface area (Å²) in [5, 5.41) is 25.3. The number of ether oxygens (including phenoxy) is 1. The fourth-order valence-electron chi connectivity index (χ4n) is 3.17. The molecule has 1 amide bonds. The van der Waals surface area contributed by atoms with Crippen molar-refractivity contribution in [1.82, 2.24) is 29.8 Å². The number of aliphatic hydroxyl groups excluding tert-OH is 2. The highest BCUT2D eigenvalue weighted by molar-refractivity contribution is 7.07. The summed E-state index contributed by atoms with van der Waals surface area (Å²) in [7, 11) is 0. The largest absolute Gasteiger partial charge is 0.387 e. The van der Waals surface area contributed by atoms with Gasteiger partial charge in [0.15, 0.2) is 17.7 Å². The zero-order chi connectivity index (χ0) is 20.5. The second-order valence-corrected chi connectivity index (χ2v) is 7.38. The summed E-state index contributed by atoms with van der Waals surface area (Å²) in [6, 6.07) is -0.784. The molecular weight excluding hydrogens is 400 g/mol. The Hall–Kier alpha value is -2.71. The van der Waals surface area contributed by atoms with E-state index >= 15 is 0 Å². The van der Waals surface area contributed by atoms with Gasteiger partial charge in [-0.3, -0.25) is 9.36 Å². The third-order valence-corrected chi connectivity index (χ3v) is 5.36. The molecule has 13 heteroatoms. The number of carbonyl (C=O) groups excluding carboxylic acids is 1. The molecule has 1 aliphatic rings. The number of carbonyl (C=O) groups is 1. The van der Waals surface area contributed by atoms with Gasteiger partial charge in [-0.15, -0.1) is 11.3 Å². The Labute approximate surface area is 168 Å². The number of anilines is 1. The van der Waals surface area contributed by atoms with Gasteiger partial charge in [0.2, 0.25) is 5.91 Å². The summed E-state index contributed by atoms with van der Waals surface area (Å²) in [4.78, 5) is 28.4. The molecule has 5 atom stereocenters. The molecule has 0 saturated carbocycles. The third-order valence-electron chi connectivity index (χ3n) is 4.73. The smallest absolute Gasteiger partial charge is 0.237 e. The van der Waals surface area contributed by atoms with E-state index in [1.165, 1.54) is 28.6 Å². The quantitative estimate of drug-likeness (QED) is 0.303. The van der Waals surface area contributed by atoms with E-state index < -0.39 is 36.5 Å². The molecule has 154 valence electrons. The van der Waals surface area contributed by atoms with Gasteiger partial charge in [-0.2, -0.15) is 0 Å². The molecule has 1 fully saturated rings. The minimum Gasteiger partial charge on any atom is -0.387 e. The molecule has 1 aliphatic heterocycles. The molecule has 12 nitrogen and oxygen atoms in total. The summed E-state index contributed by atoms with van der Waals surface area (Å²) in [6.07, 6.45) is -1.30. The summed E-state index contributed by atoms with van der Waals surface area (Å²) in [6.45, 7) is -0.0257. The average molecular weight is 420 g/mol. The fourth-order valence-corrected chi connectivity index (χ4v) is 3.74. The van der Waals surface area contributed by atoms with Crippen LogP contribution in [0.15, 0.2) is 23.5 Å². The van der Waals surface area contributed by atoms with Crippen LogP contribution in [0.3, 0.4) is 0 Å². The number of rotatable bonds is 6. The van der Waals surface area contributed by atoms with E-state index in [2.05, 4.69) is 25.3 Å². The topological polar surface area (TPSA) is 187 Å². The molecule has 4 rings (SSSR count). The molecule has 7 N–H and O–H groups in total. The molecule has 0 bridgehead atoms. The zero-order valence-electron chi connectivity index (χ0n) is 15.1. The predicted molar refractivity (Wildman–Crippen MR) is 102 cm³/mol. The van der Waals surface area contributed by atoms with Gasteiger partial charge in [0.05, 0.1) is 23.6 Å². The van der Waals surface area contributed by atoms with Crippen molar-refractivity contribution in [1.29, 1.82) is 0 Å². The second-order valence-electron chi connectivity index (χ2n) is 6.66. The second kappa shape index (κ2) is 7.96. The number of hydrogen-bond donors (Lipinski definition) is 5. The lowest BCUT2D eigenvalue weighted by Crippen LogP contribution is -2.46. The molecule has 0 spiro atoms. The van der Waals surface area contributed by atoms with Crippen molar-refractivity contribution in [2.24, 2.45) is 5.73 Å². The first kappa shape index (κ1) is 19.6. The van der Waals surface area contributed by atoms with Crippen LogP contribution in [-0.4, -0.2) is 71.5 Å². The van der Waals surface area contributed by atoms with E-state index in [1.54, 1.807) is 5.51 Å². The van der Waals surface area contributed by atoms with Gasteiger partial charge < -0.3 is 31.7 Å². The van der Waals surface area contributed by atoms with Gasteiger partial charge in [0.1, 0.15) is 30.2 Å². The molecule has 0 radical (unpaired) electrons. The summed E-state index contributed by atoms with van der Waals surface area (Å²) in [5.41, 5.74) is 14.8. The van der Waals surface area contributed by atoms with E-state index in [1.807, 2.05) is 5.38 Å². The van der Waals surface area contributed by atoms with Crippen molar-refractivity contribution in [3.8, 4) is 0 Å². The molecule has 3 aromatic rings. The maximum absolute atomic E-state index is 12.2. The number of nitrogen functional groups attached to an aromatic ring is 1. The van der Waals surface area contributed by atoms with E-state index in [0.29, 0.717) is 17.6 Å². The van der Waals surface area contributed by atoms with Crippen LogP contribution in [0.2, 0.25) is 0 Å². The normalized spacial score (nSPS) is 25.3. The van der Waals surface area contributed by atoms with Crippen molar-refractivity contribution in [3.63, 3.8) is 0 Å². The van der Waals surface area contributed by atoms with Crippen LogP contribution in [0.1, 0.15) is 11.9 Å². The van der Waals surface area contributed by atoms with E-state index in [9.17, 15) is 15.0 Å². The van der Waals surface area contributed by atoms with Crippen LogP contribution in [0.4, 0.5) is 5.82 Å². The first-order valence-corrected chi connectivity index (χ1v) is 9.75. The van der Waals surface area contributed by atoms with Crippen LogP contribution in [0.25, 0.3) is 11.2 Å². The van der Waals surface area contributed by atoms with Crippen molar-refractivity contribution in [3.05, 3.63) is 29.2 Å². The Morgan fingerprint density at radius 2 is 2.14 bits per heavy atom. The lowest BCUT2D eigenvalue weighted by Gasteiger charge is -2.17. The lowest BCUT2D eigenvalue weighted by atomic mass is 10.1. The highest BCUT2D eigenvalue weighted by Gasteiger charge is 2.44. The molecule has 3 aromatic heterocycles. The first-order valence-electron chi connectivity index (χ1n) is 8.80. The third kappa shape index (κ3) is 3.77. The minimum absolute atomic E-state index is 0.0257. The van der Waals surface area contributed by atoms with Gasteiger partial charge in [-0.05, 0) is 0 Å². The fraction of sp³-hybridized carbons (Fsp3) is 0.438. The van der Waals surface area contributed by atoms with Gasteiger partial charge in [0.25, 0.3) is 0 Å². The number of fused-ring (bicyclic) bond motifs is 1. The molecular formula is C16H20N8O4S. The van der Waals surface area contributed by atoms with Crippen molar-refractivity contribution in [2.45, 2.75) is 37.0 Å². The number of amides is 1. The SMILES string of the molecule is Nc1ncnc2c1ncn2[C@@H]1O[C@H](CNC(=O)[C@H](N)Cc2cscn2)[C@@H](O)[C@H]1O. The van der Waals surface area contributed by atoms with Crippen LogP contribution in [-0.2, 0) is 16.0 Å². The number of aromatic nitrogens is 5. The van der Waals surface area contributed by atoms with E-state index in [0.717, 1.165) is 5.69 Å². The molecule has 29 heavy (non-hydrogen) atoms. The molecule has 0 unspecified atom stereocenters. The zero-order valence-corrected chi connectivity index (χ0v) is 15.9. The van der Waals surface area contributed by atoms with Gasteiger partial charge in [-0.25, -0.2) is 19.9 Å². The van der Waals surface area contributed by atoms with Crippen LogP contribution in [0, 0.1) is 0 Å². The standard InChI is InChI=1S/C16H20N8O4S/c17-8(1-7-3-29-6-23-7)15(27)19-2-9-11(25)12(26)16(28-9)24-5-22-10-13(18)20-4-21-14(10)24/h3-6,8-9,11-12,16,25-26H,1-2,17H2,(H,19,27)(H2,18,20,21)/t8-,9-,11-,12-,16-/m1/s1.